The van der Waals surface area contributed by atoms with E-state index in [0.29, 0.717) is 5.56 Å². The quantitative estimate of drug-likeness (QED) is 0.730. The second kappa shape index (κ2) is 3.39. The molecule has 12 heavy (non-hydrogen) atoms. The Morgan fingerprint density at radius 1 is 1.58 bits per heavy atom. The van der Waals surface area contributed by atoms with E-state index in [0.717, 1.165) is 16.6 Å². The van der Waals surface area contributed by atoms with Crippen LogP contribution in [-0.2, 0) is 7.05 Å². The maximum atomic E-state index is 10.7. The minimum atomic E-state index is 0.280. The van der Waals surface area contributed by atoms with Crippen molar-refractivity contribution >= 4 is 22.2 Å². The van der Waals surface area contributed by atoms with Crippen molar-refractivity contribution in [3.05, 3.63) is 15.9 Å². The van der Waals surface area contributed by atoms with Gasteiger partial charge in [0.25, 0.3) is 0 Å². The van der Waals surface area contributed by atoms with Gasteiger partial charge in [-0.3, -0.25) is 9.48 Å². The van der Waals surface area contributed by atoms with Crippen molar-refractivity contribution in [2.45, 2.75) is 19.8 Å². The Labute approximate surface area is 79.9 Å². The number of rotatable bonds is 2. The van der Waals surface area contributed by atoms with Crippen molar-refractivity contribution < 1.29 is 4.79 Å². The van der Waals surface area contributed by atoms with Crippen LogP contribution < -0.4 is 0 Å². The number of nitrogens with zero attached hydrogens (tertiary/aromatic N) is 2. The van der Waals surface area contributed by atoms with Crippen LogP contribution in [0, 0.1) is 0 Å². The molecule has 0 bridgehead atoms. The van der Waals surface area contributed by atoms with E-state index in [1.54, 1.807) is 4.68 Å². The standard InChI is InChI=1S/C8H11BrN2O/c1-5(2)7-6(4-12)8(9)11(3)10-7/h4-5H,1-3H3. The van der Waals surface area contributed by atoms with Gasteiger partial charge in [-0.05, 0) is 21.8 Å². The monoisotopic (exact) mass is 230 g/mol. The van der Waals surface area contributed by atoms with Crippen LogP contribution in [0.4, 0.5) is 0 Å². The fourth-order valence-electron chi connectivity index (χ4n) is 1.07. The lowest BCUT2D eigenvalue weighted by molar-refractivity contribution is 0.112. The number of aryl methyl sites for hydroxylation is 1. The van der Waals surface area contributed by atoms with E-state index in [4.69, 9.17) is 0 Å². The van der Waals surface area contributed by atoms with Crippen LogP contribution in [0.25, 0.3) is 0 Å². The number of hydrogen-bond acceptors (Lipinski definition) is 2. The maximum Gasteiger partial charge on any atom is 0.154 e. The Balaban J connectivity index is 3.29. The highest BCUT2D eigenvalue weighted by Gasteiger charge is 2.15. The summed E-state index contributed by atoms with van der Waals surface area (Å²) in [6, 6.07) is 0. The molecule has 0 saturated heterocycles. The predicted molar refractivity (Wildman–Crippen MR) is 50.4 cm³/mol. The molecule has 1 heterocycles. The molecule has 0 aliphatic carbocycles. The fraction of sp³-hybridized carbons (Fsp3) is 0.500. The second-order valence-electron chi connectivity index (χ2n) is 2.99. The molecule has 1 aromatic rings. The summed E-state index contributed by atoms with van der Waals surface area (Å²) in [4.78, 5) is 10.7. The molecular formula is C8H11BrN2O. The Morgan fingerprint density at radius 3 is 2.50 bits per heavy atom. The summed E-state index contributed by atoms with van der Waals surface area (Å²) < 4.78 is 2.42. The first-order valence-electron chi connectivity index (χ1n) is 3.75. The normalized spacial score (nSPS) is 10.8. The number of carbonyl (C=O) groups is 1. The van der Waals surface area contributed by atoms with Crippen LogP contribution in [0.1, 0.15) is 35.8 Å². The lowest BCUT2D eigenvalue weighted by atomic mass is 10.1. The van der Waals surface area contributed by atoms with Crippen LogP contribution in [0.15, 0.2) is 4.60 Å². The molecule has 0 aliphatic heterocycles. The molecular weight excluding hydrogens is 220 g/mol. The van der Waals surface area contributed by atoms with Crippen molar-refractivity contribution in [1.29, 1.82) is 0 Å². The van der Waals surface area contributed by atoms with Gasteiger partial charge in [0.15, 0.2) is 6.29 Å². The summed E-state index contributed by atoms with van der Waals surface area (Å²) in [6.45, 7) is 4.03. The molecule has 0 N–H and O–H groups in total. The summed E-state index contributed by atoms with van der Waals surface area (Å²) in [5, 5.41) is 4.22. The lowest BCUT2D eigenvalue weighted by Crippen LogP contribution is -1.94. The van der Waals surface area contributed by atoms with E-state index in [1.165, 1.54) is 0 Å². The van der Waals surface area contributed by atoms with Gasteiger partial charge in [-0.2, -0.15) is 5.10 Å². The Kier molecular flexibility index (Phi) is 2.67. The van der Waals surface area contributed by atoms with Crippen molar-refractivity contribution in [2.75, 3.05) is 0 Å². The highest BCUT2D eigenvalue weighted by atomic mass is 79.9. The maximum absolute atomic E-state index is 10.7. The summed E-state index contributed by atoms with van der Waals surface area (Å²) in [6.07, 6.45) is 0.840. The molecule has 3 nitrogen and oxygen atoms in total. The molecule has 0 radical (unpaired) electrons. The van der Waals surface area contributed by atoms with Gasteiger partial charge in [0.05, 0.1) is 11.3 Å². The van der Waals surface area contributed by atoms with E-state index in [2.05, 4.69) is 21.0 Å². The third-order valence-electron chi connectivity index (χ3n) is 1.70. The molecule has 0 aromatic carbocycles. The minimum Gasteiger partial charge on any atom is -0.298 e. The van der Waals surface area contributed by atoms with Gasteiger partial charge in [0, 0.05) is 7.05 Å². The molecule has 0 atom stereocenters. The first-order chi connectivity index (χ1) is 5.57. The van der Waals surface area contributed by atoms with Gasteiger partial charge in [0.1, 0.15) is 4.60 Å². The summed E-state index contributed by atoms with van der Waals surface area (Å²) >= 11 is 3.30. The number of hydrogen-bond donors (Lipinski definition) is 0. The Hall–Kier alpha value is -0.640. The Morgan fingerprint density at radius 2 is 2.17 bits per heavy atom. The number of halogens is 1. The molecule has 0 aliphatic rings. The van der Waals surface area contributed by atoms with Crippen molar-refractivity contribution in [3.8, 4) is 0 Å². The van der Waals surface area contributed by atoms with Crippen LogP contribution in [0.2, 0.25) is 0 Å². The molecule has 0 unspecified atom stereocenters. The van der Waals surface area contributed by atoms with Crippen molar-refractivity contribution in [1.82, 2.24) is 9.78 Å². The largest absolute Gasteiger partial charge is 0.298 e. The van der Waals surface area contributed by atoms with Crippen LogP contribution in [0.3, 0.4) is 0 Å². The molecule has 66 valence electrons. The molecule has 0 fully saturated rings. The van der Waals surface area contributed by atoms with E-state index in [9.17, 15) is 4.79 Å². The van der Waals surface area contributed by atoms with E-state index < -0.39 is 0 Å². The topological polar surface area (TPSA) is 34.9 Å². The SMILES string of the molecule is CC(C)c1nn(C)c(Br)c1C=O. The summed E-state index contributed by atoms with van der Waals surface area (Å²) in [5.41, 5.74) is 1.51. The summed E-state index contributed by atoms with van der Waals surface area (Å²) in [7, 11) is 1.81. The molecule has 0 amide bonds. The highest BCUT2D eigenvalue weighted by molar-refractivity contribution is 9.10. The van der Waals surface area contributed by atoms with Crippen LogP contribution in [0.5, 0.6) is 0 Å². The number of aldehydes is 1. The van der Waals surface area contributed by atoms with Gasteiger partial charge in [-0.15, -0.1) is 0 Å². The second-order valence-corrected chi connectivity index (χ2v) is 3.74. The molecule has 1 rings (SSSR count). The Bertz CT molecular complexity index is 304. The van der Waals surface area contributed by atoms with Gasteiger partial charge in [0.2, 0.25) is 0 Å². The number of carbonyl (C=O) groups excluding carboxylic acids is 1. The highest BCUT2D eigenvalue weighted by Crippen LogP contribution is 2.23. The van der Waals surface area contributed by atoms with Crippen LogP contribution in [-0.4, -0.2) is 16.1 Å². The van der Waals surface area contributed by atoms with Crippen LogP contribution >= 0.6 is 15.9 Å². The van der Waals surface area contributed by atoms with Gasteiger partial charge < -0.3 is 0 Å². The van der Waals surface area contributed by atoms with E-state index in [-0.39, 0.29) is 5.92 Å². The van der Waals surface area contributed by atoms with Gasteiger partial charge >= 0.3 is 0 Å². The number of aromatic nitrogens is 2. The molecule has 4 heteroatoms. The van der Waals surface area contributed by atoms with E-state index in [1.807, 2.05) is 20.9 Å². The average molecular weight is 231 g/mol. The first kappa shape index (κ1) is 9.45. The zero-order valence-electron chi connectivity index (χ0n) is 7.34. The minimum absolute atomic E-state index is 0.280. The zero-order chi connectivity index (χ0) is 9.30. The average Bonchev–Trinajstić information content (AvgIpc) is 2.29. The zero-order valence-corrected chi connectivity index (χ0v) is 8.92. The summed E-state index contributed by atoms with van der Waals surface area (Å²) in [5.74, 6) is 0.280. The van der Waals surface area contributed by atoms with Gasteiger partial charge in [-0.1, -0.05) is 13.8 Å². The molecule has 0 spiro atoms. The smallest absolute Gasteiger partial charge is 0.154 e. The lowest BCUT2D eigenvalue weighted by Gasteiger charge is -1.98. The first-order valence-corrected chi connectivity index (χ1v) is 4.54. The van der Waals surface area contributed by atoms with E-state index >= 15 is 0 Å². The van der Waals surface area contributed by atoms with Crippen molar-refractivity contribution in [3.63, 3.8) is 0 Å². The third kappa shape index (κ3) is 1.43. The molecule has 1 aromatic heterocycles. The third-order valence-corrected chi connectivity index (χ3v) is 2.65. The van der Waals surface area contributed by atoms with Crippen molar-refractivity contribution in [2.24, 2.45) is 7.05 Å². The van der Waals surface area contributed by atoms with Gasteiger partial charge in [-0.25, -0.2) is 0 Å². The predicted octanol–water partition coefficient (Wildman–Crippen LogP) is 2.12. The molecule has 0 saturated carbocycles. The fourth-order valence-corrected chi connectivity index (χ4v) is 1.45.